The Labute approximate surface area is 372 Å². The first kappa shape index (κ1) is 52.5. The number of carbonyl (C=O) groups excluding carboxylic acids is 4. The van der Waals surface area contributed by atoms with Gasteiger partial charge in [0.2, 0.25) is 25.1 Å². The summed E-state index contributed by atoms with van der Waals surface area (Å²) in [7, 11) is -9.77. The van der Waals surface area contributed by atoms with Gasteiger partial charge in [0.15, 0.2) is 6.17 Å². The van der Waals surface area contributed by atoms with Crippen molar-refractivity contribution in [3.8, 4) is 0 Å². The molecule has 5 unspecified atom stereocenters. The van der Waals surface area contributed by atoms with Crippen LogP contribution in [0.3, 0.4) is 0 Å². The number of quaternary nitrogens is 3. The summed E-state index contributed by atoms with van der Waals surface area (Å²) in [5, 5.41) is 2.82. The number of rotatable bonds is 22. The molecule has 4 aliphatic rings. The van der Waals surface area contributed by atoms with Gasteiger partial charge in [-0.2, -0.15) is 34.1 Å². The van der Waals surface area contributed by atoms with Crippen molar-refractivity contribution in [1.82, 2.24) is 5.32 Å². The highest BCUT2D eigenvalue weighted by atomic mass is 32.2. The number of amides is 7. The number of hydrogen-bond acceptors (Lipinski definition) is 17. The lowest BCUT2D eigenvalue weighted by molar-refractivity contribution is -1.04. The number of hydrogen-bond donors (Lipinski definition) is 1. The summed E-state index contributed by atoms with van der Waals surface area (Å²) < 4.78 is 74.7. The van der Waals surface area contributed by atoms with E-state index in [4.69, 9.17) is 24.3 Å². The normalized spacial score (nSPS) is 28.9. The molecular formula is C39H69N6O15S3+3. The molecule has 0 aromatic carbocycles. The predicted molar refractivity (Wildman–Crippen MR) is 231 cm³/mol. The van der Waals surface area contributed by atoms with Crippen LogP contribution in [-0.4, -0.2) is 168 Å². The van der Waals surface area contributed by atoms with Crippen LogP contribution >= 0.6 is 0 Å². The summed E-state index contributed by atoms with van der Waals surface area (Å²) >= 11 is 0. The minimum absolute atomic E-state index is 0.00899. The first-order chi connectivity index (χ1) is 30.0. The number of carbonyl (C=O) groups is 4. The van der Waals surface area contributed by atoms with Crippen molar-refractivity contribution in [1.29, 1.82) is 0 Å². The van der Waals surface area contributed by atoms with Gasteiger partial charge in [-0.15, -0.1) is 0 Å². The van der Waals surface area contributed by atoms with Crippen molar-refractivity contribution in [3.63, 3.8) is 0 Å². The van der Waals surface area contributed by atoms with Crippen LogP contribution in [-0.2, 0) is 53.8 Å². The zero-order valence-corrected chi connectivity index (χ0v) is 39.5. The van der Waals surface area contributed by atoms with Crippen molar-refractivity contribution in [2.24, 2.45) is 9.98 Å². The molecule has 21 nitrogen and oxygen atoms in total. The van der Waals surface area contributed by atoms with Crippen molar-refractivity contribution in [2.45, 2.75) is 136 Å². The van der Waals surface area contributed by atoms with Gasteiger partial charge in [0.25, 0.3) is 0 Å². The Morgan fingerprint density at radius 1 is 0.571 bits per heavy atom. The average molecular weight is 958 g/mol. The van der Waals surface area contributed by atoms with Crippen molar-refractivity contribution in [2.75, 3.05) is 74.0 Å². The van der Waals surface area contributed by atoms with Gasteiger partial charge in [-0.3, -0.25) is 5.32 Å². The summed E-state index contributed by atoms with van der Waals surface area (Å²) in [6, 6.07) is -2.18. The monoisotopic (exact) mass is 957 g/mol. The zero-order chi connectivity index (χ0) is 46.2. The summed E-state index contributed by atoms with van der Waals surface area (Å²) in [6.45, 7) is 4.21. The molecule has 0 bridgehead atoms. The van der Waals surface area contributed by atoms with E-state index in [1.807, 2.05) is 0 Å². The molecule has 0 aromatic rings. The van der Waals surface area contributed by atoms with Gasteiger partial charge in [-0.25, -0.2) is 30.0 Å². The molecule has 4 saturated heterocycles. The fraction of sp³-hybridized carbons (Fsp3) is 0.846. The lowest BCUT2D eigenvalue weighted by Gasteiger charge is -2.51. The molecule has 5 atom stereocenters. The molecule has 7 amide bonds. The van der Waals surface area contributed by atoms with Gasteiger partial charge in [0.05, 0.1) is 37.1 Å². The molecule has 3 spiro atoms. The standard InChI is InChI=1S/C39H68N6O15S3/c1-4-61(50,51)28-16-25-56-36(46)42-35-21-12-9-15-24-45(35)38(48)43(22-13-7-10-19-33(43)40-31-59-57-26-17-29-62(52,53)5-2)37(47)44(39(45)49)23-14-8-11-20-34(44)41-32-60-58-27-18-30-63(54,55)6-3/h31-35H,4-30H2,1-3H3/q+2/p+1/b40-31-,41-32-. The van der Waals surface area contributed by atoms with Crippen LogP contribution in [0.5, 0.6) is 0 Å². The summed E-state index contributed by atoms with van der Waals surface area (Å²) in [4.78, 5) is 91.5. The van der Waals surface area contributed by atoms with Gasteiger partial charge in [-0.05, 0) is 77.0 Å². The minimum atomic E-state index is -3.32. The largest absolute Gasteiger partial charge is 0.542 e. The first-order valence-corrected chi connectivity index (χ1v) is 27.9. The highest BCUT2D eigenvalue weighted by Crippen LogP contribution is 2.46. The molecule has 4 aliphatic heterocycles. The highest BCUT2D eigenvalue weighted by Gasteiger charge is 2.84. The molecule has 4 rings (SSSR count). The Hall–Kier alpha value is -3.13. The Morgan fingerprint density at radius 2 is 0.952 bits per heavy atom. The van der Waals surface area contributed by atoms with E-state index in [9.17, 15) is 30.0 Å². The maximum absolute atomic E-state index is 15.9. The topological polar surface area (TPSA) is 254 Å². The van der Waals surface area contributed by atoms with E-state index < -0.39 is 85.6 Å². The zero-order valence-electron chi connectivity index (χ0n) is 37.1. The van der Waals surface area contributed by atoms with E-state index >= 15 is 14.4 Å². The first-order valence-electron chi connectivity index (χ1n) is 22.4. The second kappa shape index (κ2) is 23.9. The van der Waals surface area contributed by atoms with E-state index in [2.05, 4.69) is 15.3 Å². The number of nitrogens with one attached hydrogen (secondary N) is 1. The number of alkyl carbamates (subject to hydrolysis) is 1. The van der Waals surface area contributed by atoms with Gasteiger partial charge in [0.1, 0.15) is 49.1 Å². The Bertz CT molecular complexity index is 1870. The second-order valence-electron chi connectivity index (χ2n) is 16.5. The molecule has 0 aromatic heterocycles. The third-order valence-corrected chi connectivity index (χ3v) is 17.9. The van der Waals surface area contributed by atoms with Gasteiger partial charge < -0.3 is 14.5 Å². The minimum Gasteiger partial charge on any atom is -0.449 e. The molecule has 4 heterocycles. The van der Waals surface area contributed by atoms with Crippen LogP contribution < -0.4 is 5.32 Å². The van der Waals surface area contributed by atoms with Crippen LogP contribution in [0.1, 0.15) is 117 Å². The second-order valence-corrected chi connectivity index (χ2v) is 24.0. The van der Waals surface area contributed by atoms with Gasteiger partial charge in [0, 0.05) is 36.5 Å². The number of ether oxygens (including phenoxy) is 1. The lowest BCUT2D eigenvalue weighted by atomic mass is 10.1. The fourth-order valence-electron chi connectivity index (χ4n) is 8.91. The van der Waals surface area contributed by atoms with Crippen molar-refractivity contribution >= 4 is 66.5 Å². The predicted octanol–water partition coefficient (Wildman–Crippen LogP) is 4.66. The third kappa shape index (κ3) is 13.0. The number of urea groups is 3. The molecular weight excluding hydrogens is 889 g/mol. The molecule has 1 N–H and O–H groups in total. The third-order valence-electron chi connectivity index (χ3n) is 12.5. The maximum Gasteiger partial charge on any atom is 0.542 e. The van der Waals surface area contributed by atoms with Crippen molar-refractivity contribution < 1.29 is 82.2 Å². The number of aliphatic imine (C=N–C) groups is 2. The Kier molecular flexibility index (Phi) is 19.9. The summed E-state index contributed by atoms with van der Waals surface area (Å²) in [5.41, 5.74) is 0. The Morgan fingerprint density at radius 3 is 1.38 bits per heavy atom. The summed E-state index contributed by atoms with van der Waals surface area (Å²) in [6.07, 6.45) is 3.68. The van der Waals surface area contributed by atoms with E-state index in [1.54, 1.807) is 13.8 Å². The van der Waals surface area contributed by atoms with Gasteiger partial charge in [-0.1, -0.05) is 34.2 Å². The van der Waals surface area contributed by atoms with Crippen LogP contribution in [0.25, 0.3) is 0 Å². The Balaban J connectivity index is 1.77. The quantitative estimate of drug-likeness (QED) is 0.0387. The molecule has 0 radical (unpaired) electrons. The number of sulfone groups is 3. The van der Waals surface area contributed by atoms with E-state index in [0.717, 1.165) is 12.8 Å². The van der Waals surface area contributed by atoms with E-state index in [0.29, 0.717) is 57.8 Å². The molecule has 63 heavy (non-hydrogen) atoms. The highest BCUT2D eigenvalue weighted by molar-refractivity contribution is 7.91. The SMILES string of the molecule is CCS(=O)(=O)CCCOO/C=N\C1CCCCC[N+]12C(=O)[N+]1(CCCCCC1/N=C\OOCCCS(=O)(=O)CC)C(=O)[N+]1(CCCCCC1NC(=O)OCCCS(=O)(=O)CC)C2=O. The van der Waals surface area contributed by atoms with Crippen LogP contribution in [0.15, 0.2) is 9.98 Å². The molecule has 4 fully saturated rings. The van der Waals surface area contributed by atoms with Crippen LogP contribution in [0.4, 0.5) is 19.2 Å². The average Bonchev–Trinajstić information content (AvgIpc) is 3.71. The number of nitrogens with zero attached hydrogens (tertiary/aromatic N) is 5. The molecule has 0 saturated carbocycles. The molecule has 0 aliphatic carbocycles. The fourth-order valence-corrected chi connectivity index (χ4v) is 11.4. The molecule has 24 heteroatoms. The van der Waals surface area contributed by atoms with Gasteiger partial charge >= 0.3 is 24.2 Å². The smallest absolute Gasteiger partial charge is 0.449 e. The van der Waals surface area contributed by atoms with E-state index in [-0.39, 0.29) is 112 Å². The van der Waals surface area contributed by atoms with Crippen LogP contribution in [0.2, 0.25) is 0 Å². The van der Waals surface area contributed by atoms with Crippen molar-refractivity contribution in [3.05, 3.63) is 0 Å². The van der Waals surface area contributed by atoms with E-state index in [1.165, 1.54) is 6.92 Å². The van der Waals surface area contributed by atoms with Crippen LogP contribution in [0, 0.1) is 0 Å². The summed E-state index contributed by atoms with van der Waals surface area (Å²) in [5.74, 6) is -0.464. The molecule has 360 valence electrons. The number of imide groups is 3. The maximum atomic E-state index is 15.9. The lowest BCUT2D eigenvalue weighted by Crippen LogP contribution is -2.90.